The van der Waals surface area contributed by atoms with Crippen LogP contribution in [0.2, 0.25) is 10.0 Å². The van der Waals surface area contributed by atoms with Gasteiger partial charge >= 0.3 is 6.36 Å². The molecule has 1 aliphatic carbocycles. The number of anilines is 1. The number of halogens is 5. The van der Waals surface area contributed by atoms with Crippen LogP contribution in [0.1, 0.15) is 6.42 Å². The number of alkyl halides is 3. The summed E-state index contributed by atoms with van der Waals surface area (Å²) in [5.74, 6) is 0.162. The maximum Gasteiger partial charge on any atom is 0.573 e. The van der Waals surface area contributed by atoms with Crippen molar-refractivity contribution >= 4 is 39.9 Å². The lowest BCUT2D eigenvalue weighted by Crippen LogP contribution is -2.12. The van der Waals surface area contributed by atoms with Crippen LogP contribution in [0.5, 0.6) is 0 Å². The fourth-order valence-electron chi connectivity index (χ4n) is 2.30. The van der Waals surface area contributed by atoms with Crippen LogP contribution in [-0.4, -0.2) is 11.3 Å². The molecule has 130 valence electrons. The van der Waals surface area contributed by atoms with Gasteiger partial charge in [-0.3, -0.25) is 0 Å². The number of fused-ring (bicyclic) bond motifs is 1. The Morgan fingerprint density at radius 2 is 1.88 bits per heavy atom. The Morgan fingerprint density at radius 1 is 1.08 bits per heavy atom. The van der Waals surface area contributed by atoms with Crippen molar-refractivity contribution in [2.75, 3.05) is 5.32 Å². The number of para-hydroxylation sites is 1. The van der Waals surface area contributed by atoms with Gasteiger partial charge < -0.3 is 10.1 Å². The molecule has 25 heavy (non-hydrogen) atoms. The number of benzene rings is 1. The molecule has 1 aliphatic rings. The fourth-order valence-corrected chi connectivity index (χ4v) is 2.77. The summed E-state index contributed by atoms with van der Waals surface area (Å²) in [7, 11) is 0. The minimum absolute atomic E-state index is 0.267. The highest BCUT2D eigenvalue weighted by atomic mass is 35.5. The third-order valence-electron chi connectivity index (χ3n) is 3.33. The Labute approximate surface area is 151 Å². The van der Waals surface area contributed by atoms with Crippen molar-refractivity contribution < 1.29 is 17.9 Å². The van der Waals surface area contributed by atoms with Crippen molar-refractivity contribution in [3.63, 3.8) is 0 Å². The third-order valence-corrected chi connectivity index (χ3v) is 3.95. The molecule has 0 saturated carbocycles. The van der Waals surface area contributed by atoms with E-state index < -0.39 is 6.36 Å². The van der Waals surface area contributed by atoms with Crippen LogP contribution >= 0.6 is 23.2 Å². The zero-order valence-electron chi connectivity index (χ0n) is 12.6. The highest BCUT2D eigenvalue weighted by Crippen LogP contribution is 2.30. The average molecular weight is 387 g/mol. The number of rotatable bonds is 3. The van der Waals surface area contributed by atoms with Gasteiger partial charge in [0.05, 0.1) is 15.6 Å². The van der Waals surface area contributed by atoms with E-state index in [-0.39, 0.29) is 12.2 Å². The Bertz CT molecular complexity index is 905. The summed E-state index contributed by atoms with van der Waals surface area (Å²) in [6, 6.07) is 6.90. The van der Waals surface area contributed by atoms with Crippen LogP contribution < -0.4 is 5.32 Å². The Hall–Kier alpha value is -2.18. The number of hydrogen-bond acceptors (Lipinski definition) is 3. The average Bonchev–Trinajstić information content (AvgIpc) is 2.72. The first-order valence-corrected chi connectivity index (χ1v) is 7.93. The van der Waals surface area contributed by atoms with Gasteiger partial charge in [-0.25, -0.2) is 4.98 Å². The molecule has 0 bridgehead atoms. The second-order valence-corrected chi connectivity index (χ2v) is 5.95. The third kappa shape index (κ3) is 4.46. The second kappa shape index (κ2) is 6.98. The van der Waals surface area contributed by atoms with E-state index in [1.165, 1.54) is 18.2 Å². The number of nitrogens with one attached hydrogen (secondary N) is 1. The normalized spacial score (nSPS) is 14.8. The predicted molar refractivity (Wildman–Crippen MR) is 92.4 cm³/mol. The monoisotopic (exact) mass is 386 g/mol. The molecular weight excluding hydrogens is 376 g/mol. The van der Waals surface area contributed by atoms with Gasteiger partial charge in [0.15, 0.2) is 0 Å². The molecule has 1 N–H and O–H groups in total. The maximum absolute atomic E-state index is 12.3. The molecule has 1 aromatic carbocycles. The smallest absolute Gasteiger partial charge is 0.406 e. The van der Waals surface area contributed by atoms with E-state index in [2.05, 4.69) is 15.0 Å². The lowest BCUT2D eigenvalue weighted by atomic mass is 10.2. The number of aromatic nitrogens is 1. The van der Waals surface area contributed by atoms with Crippen molar-refractivity contribution in [1.29, 1.82) is 0 Å². The van der Waals surface area contributed by atoms with Gasteiger partial charge in [0.2, 0.25) is 0 Å². The molecule has 3 rings (SSSR count). The molecular formula is C17H11Cl2F3N2O. The molecule has 1 aromatic heterocycles. The summed E-state index contributed by atoms with van der Waals surface area (Å²) >= 11 is 12.4. The molecule has 8 heteroatoms. The van der Waals surface area contributed by atoms with Crippen molar-refractivity contribution in [1.82, 2.24) is 4.98 Å². The Kier molecular flexibility index (Phi) is 4.92. The first-order valence-electron chi connectivity index (χ1n) is 7.18. The van der Waals surface area contributed by atoms with Crippen LogP contribution in [0.15, 0.2) is 60.0 Å². The molecule has 0 radical (unpaired) electrons. The van der Waals surface area contributed by atoms with Gasteiger partial charge in [-0.15, -0.1) is 13.2 Å². The van der Waals surface area contributed by atoms with E-state index in [1.807, 2.05) is 0 Å². The summed E-state index contributed by atoms with van der Waals surface area (Å²) in [6.07, 6.45) is 1.28. The van der Waals surface area contributed by atoms with Crippen LogP contribution in [0.3, 0.4) is 0 Å². The lowest BCUT2D eigenvalue weighted by molar-refractivity contribution is -0.303. The molecule has 0 amide bonds. The molecule has 2 aromatic rings. The maximum atomic E-state index is 12.3. The lowest BCUT2D eigenvalue weighted by Gasteiger charge is -2.10. The van der Waals surface area contributed by atoms with E-state index in [0.29, 0.717) is 32.5 Å². The second-order valence-electron chi connectivity index (χ2n) is 5.13. The van der Waals surface area contributed by atoms with Gasteiger partial charge in [-0.1, -0.05) is 41.4 Å². The van der Waals surface area contributed by atoms with Crippen LogP contribution in [-0.2, 0) is 4.74 Å². The Balaban J connectivity index is 1.82. The van der Waals surface area contributed by atoms with Gasteiger partial charge in [0.1, 0.15) is 11.6 Å². The molecule has 0 spiro atoms. The topological polar surface area (TPSA) is 34.1 Å². The standard InChI is InChI=1S/C17H11Cl2F3N2O/c18-13-6-2-5-12-14(19)9-15(24-16(12)13)23-10-3-1-4-11(8-7-10)25-17(20,21)22/h2-9H,1H2,(H,23,24). The van der Waals surface area contributed by atoms with E-state index in [1.54, 1.807) is 30.3 Å². The molecule has 1 heterocycles. The zero-order valence-corrected chi connectivity index (χ0v) is 14.1. The van der Waals surface area contributed by atoms with Crippen LogP contribution in [0.4, 0.5) is 19.0 Å². The summed E-state index contributed by atoms with van der Waals surface area (Å²) in [4.78, 5) is 4.41. The number of nitrogens with zero attached hydrogens (tertiary/aromatic N) is 1. The van der Waals surface area contributed by atoms with E-state index >= 15 is 0 Å². The number of hydrogen-bond donors (Lipinski definition) is 1. The first-order chi connectivity index (χ1) is 11.8. The highest BCUT2D eigenvalue weighted by molar-refractivity contribution is 6.39. The summed E-state index contributed by atoms with van der Waals surface area (Å²) in [5.41, 5.74) is 1.10. The number of pyridine rings is 1. The van der Waals surface area contributed by atoms with Crippen molar-refractivity contribution in [2.24, 2.45) is 0 Å². The molecule has 0 saturated heterocycles. The first kappa shape index (κ1) is 17.6. The predicted octanol–water partition coefficient (Wildman–Crippen LogP) is 6.22. The largest absolute Gasteiger partial charge is 0.573 e. The van der Waals surface area contributed by atoms with Crippen LogP contribution in [0.25, 0.3) is 10.9 Å². The minimum atomic E-state index is -4.72. The van der Waals surface area contributed by atoms with Crippen LogP contribution in [0, 0.1) is 0 Å². The summed E-state index contributed by atoms with van der Waals surface area (Å²) < 4.78 is 40.8. The van der Waals surface area contributed by atoms with Crippen molar-refractivity contribution in [3.8, 4) is 0 Å². The molecule has 0 aliphatic heterocycles. The Morgan fingerprint density at radius 3 is 2.64 bits per heavy atom. The number of allylic oxidation sites excluding steroid dienone is 4. The van der Waals surface area contributed by atoms with E-state index in [4.69, 9.17) is 23.2 Å². The van der Waals surface area contributed by atoms with Crippen molar-refractivity contribution in [3.05, 3.63) is 70.1 Å². The molecule has 0 unspecified atom stereocenters. The highest BCUT2D eigenvalue weighted by Gasteiger charge is 2.31. The van der Waals surface area contributed by atoms with Gasteiger partial charge in [0.25, 0.3) is 0 Å². The molecule has 0 atom stereocenters. The zero-order chi connectivity index (χ0) is 18.0. The fraction of sp³-hybridized carbons (Fsp3) is 0.118. The molecule has 3 nitrogen and oxygen atoms in total. The number of ether oxygens (including phenoxy) is 1. The van der Waals surface area contributed by atoms with Crippen molar-refractivity contribution in [2.45, 2.75) is 12.8 Å². The van der Waals surface area contributed by atoms with E-state index in [0.717, 1.165) is 0 Å². The summed E-state index contributed by atoms with van der Waals surface area (Å²) in [6.45, 7) is 0. The van der Waals surface area contributed by atoms with Gasteiger partial charge in [-0.2, -0.15) is 0 Å². The van der Waals surface area contributed by atoms with Gasteiger partial charge in [-0.05, 0) is 30.7 Å². The van der Waals surface area contributed by atoms with E-state index in [9.17, 15) is 13.2 Å². The molecule has 0 fully saturated rings. The summed E-state index contributed by atoms with van der Waals surface area (Å²) in [5, 5.41) is 4.65. The SMILES string of the molecule is FC(F)(F)OC1=CCC=C(Nc2cc(Cl)c3cccc(Cl)c3n2)C=C1. The van der Waals surface area contributed by atoms with Gasteiger partial charge in [0, 0.05) is 17.1 Å². The quantitative estimate of drug-likeness (QED) is 0.679. The minimum Gasteiger partial charge on any atom is -0.406 e.